The van der Waals surface area contributed by atoms with Crippen LogP contribution in [-0.4, -0.2) is 31.9 Å². The highest BCUT2D eigenvalue weighted by Crippen LogP contribution is 2.18. The van der Waals surface area contributed by atoms with Crippen LogP contribution in [0.1, 0.15) is 6.42 Å². The molecule has 5 heteroatoms. The van der Waals surface area contributed by atoms with Crippen molar-refractivity contribution in [3.8, 4) is 6.07 Å². The summed E-state index contributed by atoms with van der Waals surface area (Å²) in [5.41, 5.74) is 0. The van der Waals surface area contributed by atoms with Gasteiger partial charge in [0.05, 0.1) is 12.5 Å². The highest BCUT2D eigenvalue weighted by atomic mass is 127. The summed E-state index contributed by atoms with van der Waals surface area (Å²) in [7, 11) is 0. The summed E-state index contributed by atoms with van der Waals surface area (Å²) in [6, 6.07) is 2.63. The van der Waals surface area contributed by atoms with E-state index < -0.39 is 0 Å². The Hall–Kier alpha value is 0.870. The molecule has 11 heavy (non-hydrogen) atoms. The van der Waals surface area contributed by atoms with Crippen molar-refractivity contribution in [3.05, 3.63) is 0 Å². The number of hydrogen-bond donors (Lipinski definition) is 0. The lowest BCUT2D eigenvalue weighted by Gasteiger charge is -2.33. The van der Waals surface area contributed by atoms with Gasteiger partial charge in [-0.25, -0.2) is 6.23 Å². The van der Waals surface area contributed by atoms with Crippen LogP contribution in [0.5, 0.6) is 0 Å². The maximum atomic E-state index is 8.52. The monoisotopic (exact) mass is 377 g/mol. The first-order valence-electron chi connectivity index (χ1n) is 3.44. The molecule has 0 aromatic heterocycles. The Morgan fingerprint density at radius 1 is 1.45 bits per heavy atom. The zero-order valence-corrected chi connectivity index (χ0v) is 10.3. The van der Waals surface area contributed by atoms with Gasteiger partial charge in [0.1, 0.15) is 0 Å². The molecule has 1 saturated heterocycles. The molecule has 1 rings (SSSR count). The summed E-state index contributed by atoms with van der Waals surface area (Å²) >= 11 is 4.62. The van der Waals surface area contributed by atoms with E-state index in [0.717, 1.165) is 19.6 Å². The number of nitrogens with zero attached hydrogens (tertiary/aromatic N) is 3. The number of halogens is 2. The van der Waals surface area contributed by atoms with Crippen LogP contribution in [0, 0.1) is 11.3 Å². The molecular formula is C6H9I2N3. The van der Waals surface area contributed by atoms with Gasteiger partial charge in [0.2, 0.25) is 0 Å². The number of hydrogen-bond acceptors (Lipinski definition) is 3. The topological polar surface area (TPSA) is 30.3 Å². The van der Waals surface area contributed by atoms with Gasteiger partial charge in [-0.3, -0.25) is 0 Å². The zero-order valence-electron chi connectivity index (χ0n) is 6.00. The summed E-state index contributed by atoms with van der Waals surface area (Å²) in [5.74, 6) is 0. The molecule has 1 aliphatic rings. The minimum atomic E-state index is 0.422. The van der Waals surface area contributed by atoms with Crippen molar-refractivity contribution in [3.63, 3.8) is 0 Å². The van der Waals surface area contributed by atoms with Crippen LogP contribution >= 0.6 is 45.7 Å². The van der Waals surface area contributed by atoms with E-state index in [1.165, 1.54) is 0 Å². The maximum Gasteiger partial charge on any atom is 0.0639 e. The van der Waals surface area contributed by atoms with Crippen molar-refractivity contribution in [2.45, 2.75) is 12.5 Å². The summed E-state index contributed by atoms with van der Waals surface area (Å²) in [4.78, 5) is 0. The quantitative estimate of drug-likeness (QED) is 0.514. The summed E-state index contributed by atoms with van der Waals surface area (Å²) in [6.07, 6.45) is 0.641. The molecule has 0 amide bonds. The third-order valence-corrected chi connectivity index (χ3v) is 3.83. The molecule has 0 spiro atoms. The predicted molar refractivity (Wildman–Crippen MR) is 60.3 cm³/mol. The molecule has 0 aliphatic carbocycles. The van der Waals surface area contributed by atoms with Crippen molar-refractivity contribution in [1.29, 1.82) is 5.26 Å². The van der Waals surface area contributed by atoms with Crippen LogP contribution < -0.4 is 0 Å². The smallest absolute Gasteiger partial charge is 0.0639 e. The number of nitriles is 1. The Kier molecular flexibility index (Phi) is 4.33. The highest BCUT2D eigenvalue weighted by molar-refractivity contribution is 14.1. The largest absolute Gasteiger partial charge is 0.245 e. The third-order valence-electron chi connectivity index (χ3n) is 1.69. The lowest BCUT2D eigenvalue weighted by atomic mass is 10.2. The Morgan fingerprint density at radius 2 is 2.18 bits per heavy atom. The first kappa shape index (κ1) is 9.95. The van der Waals surface area contributed by atoms with Crippen molar-refractivity contribution in [2.24, 2.45) is 0 Å². The average Bonchev–Trinajstić information content (AvgIpc) is 1.98. The Labute approximate surface area is 94.7 Å². The standard InChI is InChI=1S/C6H9I2N3/c7-10-3-4-11(8)6(5-10)1-2-9/h6H,1,3-5H2/t6-/m1/s1. The van der Waals surface area contributed by atoms with Gasteiger partial charge in [-0.15, -0.1) is 0 Å². The first-order chi connectivity index (χ1) is 5.24. The van der Waals surface area contributed by atoms with Crippen LogP contribution in [-0.2, 0) is 0 Å². The second-order valence-corrected chi connectivity index (χ2v) is 5.11. The molecule has 0 N–H and O–H groups in total. The number of rotatable bonds is 1. The minimum absolute atomic E-state index is 0.422. The van der Waals surface area contributed by atoms with Crippen molar-refractivity contribution in [2.75, 3.05) is 19.6 Å². The Morgan fingerprint density at radius 3 is 2.82 bits per heavy atom. The normalized spacial score (nSPS) is 28.3. The van der Waals surface area contributed by atoms with Crippen LogP contribution in [0.3, 0.4) is 0 Å². The molecule has 0 radical (unpaired) electrons. The van der Waals surface area contributed by atoms with Gasteiger partial charge in [-0.2, -0.15) is 5.26 Å². The van der Waals surface area contributed by atoms with Gasteiger partial charge in [-0.05, 0) is 0 Å². The van der Waals surface area contributed by atoms with Crippen molar-refractivity contribution >= 4 is 45.7 Å². The second-order valence-electron chi connectivity index (χ2n) is 2.51. The van der Waals surface area contributed by atoms with E-state index in [1.807, 2.05) is 0 Å². The van der Waals surface area contributed by atoms with Gasteiger partial charge >= 0.3 is 0 Å². The predicted octanol–water partition coefficient (Wildman–Crippen LogP) is 1.59. The molecule has 0 unspecified atom stereocenters. The van der Waals surface area contributed by atoms with E-state index in [2.05, 4.69) is 58.0 Å². The Bertz CT molecular complexity index is 168. The van der Waals surface area contributed by atoms with Gasteiger partial charge in [-0.1, -0.05) is 0 Å². The van der Waals surface area contributed by atoms with E-state index in [0.29, 0.717) is 12.5 Å². The summed E-state index contributed by atoms with van der Waals surface area (Å²) in [6.45, 7) is 3.18. The van der Waals surface area contributed by atoms with E-state index in [-0.39, 0.29) is 0 Å². The SMILES string of the molecule is N#CC[C@@H]1CN(I)CCN1I. The molecule has 3 nitrogen and oxygen atoms in total. The van der Waals surface area contributed by atoms with Crippen LogP contribution in [0.2, 0.25) is 0 Å². The molecule has 0 aromatic carbocycles. The number of piperazine rings is 1. The molecule has 1 aliphatic heterocycles. The van der Waals surface area contributed by atoms with E-state index >= 15 is 0 Å². The molecule has 1 atom stereocenters. The summed E-state index contributed by atoms with van der Waals surface area (Å²) < 4.78 is 4.48. The van der Waals surface area contributed by atoms with E-state index in [4.69, 9.17) is 5.26 Å². The van der Waals surface area contributed by atoms with Gasteiger partial charge in [0.15, 0.2) is 0 Å². The first-order valence-corrected chi connectivity index (χ1v) is 5.37. The lowest BCUT2D eigenvalue weighted by Crippen LogP contribution is -2.44. The van der Waals surface area contributed by atoms with E-state index in [1.54, 1.807) is 0 Å². The molecular weight excluding hydrogens is 368 g/mol. The van der Waals surface area contributed by atoms with Crippen LogP contribution in [0.15, 0.2) is 0 Å². The fourth-order valence-electron chi connectivity index (χ4n) is 1.06. The summed E-state index contributed by atoms with van der Waals surface area (Å²) in [5, 5.41) is 8.52. The molecule has 0 saturated carbocycles. The molecule has 1 fully saturated rings. The van der Waals surface area contributed by atoms with E-state index in [9.17, 15) is 0 Å². The second kappa shape index (κ2) is 4.79. The minimum Gasteiger partial charge on any atom is -0.245 e. The molecule has 0 aromatic rings. The third kappa shape index (κ3) is 3.01. The van der Waals surface area contributed by atoms with Gasteiger partial charge < -0.3 is 0 Å². The fraction of sp³-hybridized carbons (Fsp3) is 0.833. The maximum absolute atomic E-state index is 8.52. The highest BCUT2D eigenvalue weighted by Gasteiger charge is 2.23. The van der Waals surface area contributed by atoms with Gasteiger partial charge in [0.25, 0.3) is 0 Å². The average molecular weight is 377 g/mol. The van der Waals surface area contributed by atoms with Crippen LogP contribution in [0.4, 0.5) is 0 Å². The van der Waals surface area contributed by atoms with Crippen molar-refractivity contribution < 1.29 is 0 Å². The molecule has 62 valence electrons. The zero-order chi connectivity index (χ0) is 8.27. The van der Waals surface area contributed by atoms with Crippen LogP contribution in [0.25, 0.3) is 0 Å². The van der Waals surface area contributed by atoms with Crippen molar-refractivity contribution in [1.82, 2.24) is 6.23 Å². The Balaban J connectivity index is 2.42. The fourth-order valence-corrected chi connectivity index (χ4v) is 2.32. The molecule has 1 heterocycles. The lowest BCUT2D eigenvalue weighted by molar-refractivity contribution is 0.261. The van der Waals surface area contributed by atoms with Gasteiger partial charge in [0, 0.05) is 71.4 Å². The molecule has 0 bridgehead atoms.